The van der Waals surface area contributed by atoms with Gasteiger partial charge in [-0.3, -0.25) is 5.32 Å². The van der Waals surface area contributed by atoms with Gasteiger partial charge in [-0.2, -0.15) is 0 Å². The number of ether oxygens (including phenoxy) is 1. The number of anilines is 1. The van der Waals surface area contributed by atoms with E-state index in [2.05, 4.69) is 26.2 Å². The van der Waals surface area contributed by atoms with Crippen LogP contribution in [0.25, 0.3) is 10.6 Å². The van der Waals surface area contributed by atoms with Crippen molar-refractivity contribution >= 4 is 49.8 Å². The summed E-state index contributed by atoms with van der Waals surface area (Å²) >= 11 is 6.38. The third kappa shape index (κ3) is 4.29. The van der Waals surface area contributed by atoms with E-state index in [1.54, 1.807) is 11.3 Å². The van der Waals surface area contributed by atoms with Crippen molar-refractivity contribution in [3.05, 3.63) is 21.3 Å². The van der Waals surface area contributed by atoms with Crippen LogP contribution in [0.3, 0.4) is 0 Å². The van der Waals surface area contributed by atoms with Gasteiger partial charge in [0.15, 0.2) is 5.13 Å². The minimum absolute atomic E-state index is 0.485. The van der Waals surface area contributed by atoms with Crippen molar-refractivity contribution in [2.45, 2.75) is 26.4 Å². The molecular weight excluding hydrogens is 348 g/mol. The molecule has 0 atom stereocenters. The van der Waals surface area contributed by atoms with E-state index in [0.717, 1.165) is 15.0 Å². The van der Waals surface area contributed by atoms with Gasteiger partial charge in [-0.15, -0.1) is 22.7 Å². The molecule has 1 N–H and O–H groups in total. The second-order valence-corrected chi connectivity index (χ2v) is 7.48. The van der Waals surface area contributed by atoms with Crippen LogP contribution < -0.4 is 5.32 Å². The number of thiazole rings is 1. The molecule has 4 nitrogen and oxygen atoms in total. The van der Waals surface area contributed by atoms with Gasteiger partial charge in [0, 0.05) is 15.2 Å². The molecule has 19 heavy (non-hydrogen) atoms. The van der Waals surface area contributed by atoms with Crippen LogP contribution in [-0.2, 0) is 4.74 Å². The average molecular weight is 361 g/mol. The Morgan fingerprint density at radius 2 is 2.11 bits per heavy atom. The zero-order valence-corrected chi connectivity index (χ0v) is 13.9. The third-order valence-corrected chi connectivity index (χ3v) is 4.40. The average Bonchev–Trinajstić information content (AvgIpc) is 2.83. The summed E-state index contributed by atoms with van der Waals surface area (Å²) in [7, 11) is 0. The molecule has 0 saturated heterocycles. The standard InChI is InChI=1S/C12H13BrN2O2S2/c1-12(2,3)17-11(16)15-10-14-8(6-19-10)9-4-7(13)5-18-9/h4-6H,1-3H3,(H,14,15,16). The van der Waals surface area contributed by atoms with Crippen molar-refractivity contribution in [2.75, 3.05) is 5.32 Å². The molecule has 0 saturated carbocycles. The van der Waals surface area contributed by atoms with Gasteiger partial charge in [-0.05, 0) is 42.8 Å². The monoisotopic (exact) mass is 360 g/mol. The summed E-state index contributed by atoms with van der Waals surface area (Å²) in [5, 5.41) is 7.07. The van der Waals surface area contributed by atoms with Crippen LogP contribution in [0.15, 0.2) is 21.3 Å². The Morgan fingerprint density at radius 1 is 1.37 bits per heavy atom. The number of carbonyl (C=O) groups excluding carboxylic acids is 1. The predicted molar refractivity (Wildman–Crippen MR) is 83.0 cm³/mol. The van der Waals surface area contributed by atoms with Gasteiger partial charge in [-0.25, -0.2) is 9.78 Å². The van der Waals surface area contributed by atoms with Gasteiger partial charge in [-0.1, -0.05) is 0 Å². The molecule has 0 aliphatic heterocycles. The van der Waals surface area contributed by atoms with Crippen molar-refractivity contribution in [3.8, 4) is 10.6 Å². The molecule has 0 spiro atoms. The van der Waals surface area contributed by atoms with Crippen LogP contribution in [0.1, 0.15) is 20.8 Å². The summed E-state index contributed by atoms with van der Waals surface area (Å²) in [5.74, 6) is 0. The van der Waals surface area contributed by atoms with Gasteiger partial charge < -0.3 is 4.74 Å². The molecule has 7 heteroatoms. The van der Waals surface area contributed by atoms with E-state index in [0.29, 0.717) is 5.13 Å². The highest BCUT2D eigenvalue weighted by Gasteiger charge is 2.17. The predicted octanol–water partition coefficient (Wildman–Crippen LogP) is 4.98. The number of nitrogens with one attached hydrogen (secondary N) is 1. The number of amides is 1. The minimum atomic E-state index is -0.511. The topological polar surface area (TPSA) is 51.2 Å². The SMILES string of the molecule is CC(C)(C)OC(=O)Nc1nc(-c2cc(Br)cs2)cs1. The number of hydrogen-bond acceptors (Lipinski definition) is 5. The molecule has 1 amide bonds. The van der Waals surface area contributed by atoms with Crippen LogP contribution in [0, 0.1) is 0 Å². The van der Waals surface area contributed by atoms with Gasteiger partial charge in [0.1, 0.15) is 5.60 Å². The van der Waals surface area contributed by atoms with Crippen molar-refractivity contribution in [3.63, 3.8) is 0 Å². The molecule has 2 rings (SSSR count). The quantitative estimate of drug-likeness (QED) is 0.821. The van der Waals surface area contributed by atoms with E-state index in [-0.39, 0.29) is 0 Å². The van der Waals surface area contributed by atoms with Gasteiger partial charge in [0.25, 0.3) is 0 Å². The molecule has 0 aliphatic carbocycles. The summed E-state index contributed by atoms with van der Waals surface area (Å²) in [6.07, 6.45) is -0.485. The largest absolute Gasteiger partial charge is 0.444 e. The second kappa shape index (κ2) is 5.60. The summed E-state index contributed by atoms with van der Waals surface area (Å²) in [6.45, 7) is 5.47. The maximum Gasteiger partial charge on any atom is 0.413 e. The zero-order valence-electron chi connectivity index (χ0n) is 10.7. The lowest BCUT2D eigenvalue weighted by atomic mass is 10.2. The fourth-order valence-corrected chi connectivity index (χ4v) is 3.44. The van der Waals surface area contributed by atoms with E-state index in [4.69, 9.17) is 4.74 Å². The number of nitrogens with zero attached hydrogens (tertiary/aromatic N) is 1. The number of halogens is 1. The van der Waals surface area contributed by atoms with Crippen LogP contribution in [0.5, 0.6) is 0 Å². The van der Waals surface area contributed by atoms with Crippen molar-refractivity contribution in [1.29, 1.82) is 0 Å². The van der Waals surface area contributed by atoms with Crippen LogP contribution in [0.2, 0.25) is 0 Å². The molecule has 0 radical (unpaired) electrons. The van der Waals surface area contributed by atoms with Gasteiger partial charge in [0.05, 0.1) is 10.6 Å². The third-order valence-electron chi connectivity index (χ3n) is 1.93. The molecule has 2 heterocycles. The molecule has 2 aromatic rings. The first-order valence-corrected chi connectivity index (χ1v) is 8.09. The van der Waals surface area contributed by atoms with Crippen molar-refractivity contribution in [2.24, 2.45) is 0 Å². The first kappa shape index (κ1) is 14.5. The number of rotatable bonds is 2. The van der Waals surface area contributed by atoms with E-state index < -0.39 is 11.7 Å². The van der Waals surface area contributed by atoms with Gasteiger partial charge >= 0.3 is 6.09 Å². The summed E-state index contributed by atoms with van der Waals surface area (Å²) < 4.78 is 6.20. The lowest BCUT2D eigenvalue weighted by Crippen LogP contribution is -2.27. The first-order chi connectivity index (χ1) is 8.83. The van der Waals surface area contributed by atoms with Crippen LogP contribution in [0.4, 0.5) is 9.93 Å². The fourth-order valence-electron chi connectivity index (χ4n) is 1.28. The van der Waals surface area contributed by atoms with Crippen molar-refractivity contribution < 1.29 is 9.53 Å². The molecular formula is C12H13BrN2O2S2. The summed E-state index contributed by atoms with van der Waals surface area (Å²) in [5.41, 5.74) is 0.342. The summed E-state index contributed by atoms with van der Waals surface area (Å²) in [4.78, 5) is 17.0. The molecule has 0 aliphatic rings. The molecule has 0 aromatic carbocycles. The number of aromatic nitrogens is 1. The van der Waals surface area contributed by atoms with Crippen LogP contribution >= 0.6 is 38.6 Å². The van der Waals surface area contributed by atoms with E-state index in [1.807, 2.05) is 37.6 Å². The highest BCUT2D eigenvalue weighted by atomic mass is 79.9. The Hall–Kier alpha value is -0.920. The number of hydrogen-bond donors (Lipinski definition) is 1. The number of carbonyl (C=O) groups is 1. The van der Waals surface area contributed by atoms with Crippen LogP contribution in [-0.4, -0.2) is 16.7 Å². The Labute approximate surface area is 128 Å². The lowest BCUT2D eigenvalue weighted by Gasteiger charge is -2.18. The van der Waals surface area contributed by atoms with E-state index in [9.17, 15) is 4.79 Å². The molecule has 102 valence electrons. The van der Waals surface area contributed by atoms with Gasteiger partial charge in [0.2, 0.25) is 0 Å². The second-order valence-electron chi connectivity index (χ2n) is 4.79. The highest BCUT2D eigenvalue weighted by molar-refractivity contribution is 9.10. The molecule has 0 fully saturated rings. The smallest absolute Gasteiger partial charge is 0.413 e. The van der Waals surface area contributed by atoms with E-state index >= 15 is 0 Å². The molecule has 0 bridgehead atoms. The highest BCUT2D eigenvalue weighted by Crippen LogP contribution is 2.32. The first-order valence-electron chi connectivity index (χ1n) is 5.53. The zero-order chi connectivity index (χ0) is 14.0. The van der Waals surface area contributed by atoms with E-state index in [1.165, 1.54) is 11.3 Å². The Kier molecular flexibility index (Phi) is 4.27. The van der Waals surface area contributed by atoms with Crippen molar-refractivity contribution in [1.82, 2.24) is 4.98 Å². The maximum absolute atomic E-state index is 11.6. The molecule has 0 unspecified atom stereocenters. The lowest BCUT2D eigenvalue weighted by molar-refractivity contribution is 0.0636. The number of thiophene rings is 1. The Balaban J connectivity index is 2.04. The normalized spacial score (nSPS) is 11.4. The Bertz CT molecular complexity index is 587. The summed E-state index contributed by atoms with van der Waals surface area (Å²) in [6, 6.07) is 2.00. The minimum Gasteiger partial charge on any atom is -0.444 e. The Morgan fingerprint density at radius 3 is 2.68 bits per heavy atom. The fraction of sp³-hybridized carbons (Fsp3) is 0.333. The maximum atomic E-state index is 11.6. The molecule has 2 aromatic heterocycles.